The van der Waals surface area contributed by atoms with E-state index < -0.39 is 6.04 Å². The Bertz CT molecular complexity index is 788. The van der Waals surface area contributed by atoms with Crippen molar-refractivity contribution >= 4 is 23.6 Å². The van der Waals surface area contributed by atoms with Crippen LogP contribution in [0.4, 0.5) is 0 Å². The van der Waals surface area contributed by atoms with E-state index in [-0.39, 0.29) is 17.4 Å². The van der Waals surface area contributed by atoms with E-state index in [0.29, 0.717) is 19.4 Å². The monoisotopic (exact) mass is 426 g/mol. The van der Waals surface area contributed by atoms with Gasteiger partial charge in [0.2, 0.25) is 11.8 Å². The highest BCUT2D eigenvalue weighted by atomic mass is 32.2. The smallest absolute Gasteiger partial charge is 0.243 e. The van der Waals surface area contributed by atoms with Crippen LogP contribution in [-0.2, 0) is 21.9 Å². The molecule has 0 aliphatic heterocycles. The molecule has 0 saturated carbocycles. The zero-order chi connectivity index (χ0) is 22.0. The van der Waals surface area contributed by atoms with E-state index in [4.69, 9.17) is 0 Å². The zero-order valence-electron chi connectivity index (χ0n) is 18.6. The molecule has 30 heavy (non-hydrogen) atoms. The summed E-state index contributed by atoms with van der Waals surface area (Å²) in [7, 11) is 0. The van der Waals surface area contributed by atoms with Crippen molar-refractivity contribution in [1.29, 1.82) is 0 Å². The number of carbonyl (C=O) groups is 2. The van der Waals surface area contributed by atoms with Crippen LogP contribution in [0, 0.1) is 0 Å². The minimum atomic E-state index is -0.476. The molecule has 2 rings (SSSR count). The topological polar surface area (TPSA) is 49.4 Å². The first-order valence-corrected chi connectivity index (χ1v) is 11.7. The second kappa shape index (κ2) is 11.8. The minimum Gasteiger partial charge on any atom is -0.350 e. The van der Waals surface area contributed by atoms with Gasteiger partial charge in [-0.05, 0) is 38.3 Å². The first-order chi connectivity index (χ1) is 14.3. The summed E-state index contributed by atoms with van der Waals surface area (Å²) >= 11 is 1.75. The lowest BCUT2D eigenvalue weighted by atomic mass is 10.1. The lowest BCUT2D eigenvalue weighted by Gasteiger charge is -2.33. The number of rotatable bonds is 10. The third kappa shape index (κ3) is 8.23. The molecule has 0 fully saturated rings. The van der Waals surface area contributed by atoms with Crippen molar-refractivity contribution in [1.82, 2.24) is 10.2 Å². The molecule has 0 radical (unpaired) electrons. The number of nitrogens with one attached hydrogen (secondary N) is 1. The summed E-state index contributed by atoms with van der Waals surface area (Å²) < 4.78 is 0. The molecule has 2 aromatic carbocycles. The third-order valence-corrected chi connectivity index (χ3v) is 5.68. The predicted octanol–water partition coefficient (Wildman–Crippen LogP) is 5.03. The normalized spacial score (nSPS) is 12.3. The van der Waals surface area contributed by atoms with Gasteiger partial charge in [0.05, 0.1) is 0 Å². The lowest BCUT2D eigenvalue weighted by molar-refractivity contribution is -0.141. The molecular formula is C25H34N2O2S. The summed E-state index contributed by atoms with van der Waals surface area (Å²) in [6.45, 7) is 8.28. The molecule has 0 saturated heterocycles. The molecule has 0 heterocycles. The Hall–Kier alpha value is -2.27. The molecule has 0 aromatic heterocycles. The van der Waals surface area contributed by atoms with Gasteiger partial charge in [0, 0.05) is 30.0 Å². The molecule has 2 amide bonds. The molecule has 0 bridgehead atoms. The van der Waals surface area contributed by atoms with Crippen LogP contribution >= 0.6 is 11.8 Å². The Balaban J connectivity index is 2.05. The molecule has 1 N–H and O–H groups in total. The molecule has 162 valence electrons. The molecule has 2 aromatic rings. The summed E-state index contributed by atoms with van der Waals surface area (Å²) in [6, 6.07) is 19.7. The highest BCUT2D eigenvalue weighted by molar-refractivity contribution is 7.98. The summed E-state index contributed by atoms with van der Waals surface area (Å²) in [4.78, 5) is 27.8. The van der Waals surface area contributed by atoms with Crippen molar-refractivity contribution in [3.05, 3.63) is 71.8 Å². The first-order valence-electron chi connectivity index (χ1n) is 10.6. The van der Waals surface area contributed by atoms with Gasteiger partial charge in [-0.25, -0.2) is 0 Å². The van der Waals surface area contributed by atoms with Gasteiger partial charge < -0.3 is 10.2 Å². The average Bonchev–Trinajstić information content (AvgIpc) is 2.71. The largest absolute Gasteiger partial charge is 0.350 e. The zero-order valence-corrected chi connectivity index (χ0v) is 19.4. The molecule has 5 heteroatoms. The number of benzene rings is 2. The highest BCUT2D eigenvalue weighted by Gasteiger charge is 2.30. The quantitative estimate of drug-likeness (QED) is 0.542. The number of thioether (sulfide) groups is 1. The SMILES string of the molecule is CC[C@@H](C(=O)NC(C)(C)C)N(Cc1ccccc1)C(=O)CCSCc1ccccc1. The predicted molar refractivity (Wildman–Crippen MR) is 126 cm³/mol. The molecule has 0 aliphatic carbocycles. The Morgan fingerprint density at radius 2 is 1.53 bits per heavy atom. The summed E-state index contributed by atoms with van der Waals surface area (Å²) in [5.41, 5.74) is 1.95. The number of hydrogen-bond acceptors (Lipinski definition) is 3. The van der Waals surface area contributed by atoms with E-state index in [2.05, 4.69) is 17.4 Å². The van der Waals surface area contributed by atoms with E-state index in [1.165, 1.54) is 5.56 Å². The number of amides is 2. The second-order valence-corrected chi connectivity index (χ2v) is 9.56. The van der Waals surface area contributed by atoms with Gasteiger partial charge in [-0.1, -0.05) is 67.6 Å². The molecular weight excluding hydrogens is 392 g/mol. The van der Waals surface area contributed by atoms with Crippen LogP contribution in [0.2, 0.25) is 0 Å². The van der Waals surface area contributed by atoms with Gasteiger partial charge >= 0.3 is 0 Å². The molecule has 0 aliphatic rings. The van der Waals surface area contributed by atoms with E-state index in [0.717, 1.165) is 17.1 Å². The minimum absolute atomic E-state index is 0.0234. The fourth-order valence-corrected chi connectivity index (χ4v) is 4.11. The van der Waals surface area contributed by atoms with Gasteiger partial charge in [0.25, 0.3) is 0 Å². The third-order valence-electron chi connectivity index (χ3n) is 4.65. The standard InChI is InChI=1S/C25H34N2O2S/c1-5-22(24(29)26-25(2,3)4)27(18-20-12-8-6-9-13-20)23(28)16-17-30-19-21-14-10-7-11-15-21/h6-15,22H,5,16-19H2,1-4H3,(H,26,29)/t22-/m0/s1. The van der Waals surface area contributed by atoms with Gasteiger partial charge in [0.1, 0.15) is 6.04 Å². The Morgan fingerprint density at radius 1 is 0.967 bits per heavy atom. The van der Waals surface area contributed by atoms with Gasteiger partial charge in [-0.3, -0.25) is 9.59 Å². The van der Waals surface area contributed by atoms with E-state index >= 15 is 0 Å². The fourth-order valence-electron chi connectivity index (χ4n) is 3.22. The summed E-state index contributed by atoms with van der Waals surface area (Å²) in [5.74, 6) is 1.55. The van der Waals surface area contributed by atoms with Crippen molar-refractivity contribution in [3.63, 3.8) is 0 Å². The van der Waals surface area contributed by atoms with Crippen LogP contribution in [-0.4, -0.2) is 34.0 Å². The average molecular weight is 427 g/mol. The van der Waals surface area contributed by atoms with Crippen molar-refractivity contribution in [2.75, 3.05) is 5.75 Å². The number of hydrogen-bond donors (Lipinski definition) is 1. The summed E-state index contributed by atoms with van der Waals surface area (Å²) in [5, 5.41) is 3.04. The van der Waals surface area contributed by atoms with Crippen LogP contribution in [0.5, 0.6) is 0 Å². The molecule has 0 unspecified atom stereocenters. The molecule has 0 spiro atoms. The fraction of sp³-hybridized carbons (Fsp3) is 0.440. The highest BCUT2D eigenvalue weighted by Crippen LogP contribution is 2.18. The summed E-state index contributed by atoms with van der Waals surface area (Å²) in [6.07, 6.45) is 1.00. The Morgan fingerprint density at radius 3 is 2.07 bits per heavy atom. The van der Waals surface area contributed by atoms with E-state index in [1.54, 1.807) is 16.7 Å². The van der Waals surface area contributed by atoms with Gasteiger partial charge in [-0.2, -0.15) is 11.8 Å². The Labute approximate surface area is 185 Å². The van der Waals surface area contributed by atoms with E-state index in [9.17, 15) is 9.59 Å². The Kier molecular flexibility index (Phi) is 9.44. The molecule has 1 atom stereocenters. The maximum absolute atomic E-state index is 13.2. The van der Waals surface area contributed by atoms with Crippen LogP contribution in [0.15, 0.2) is 60.7 Å². The first kappa shape index (κ1) is 24.0. The maximum Gasteiger partial charge on any atom is 0.243 e. The van der Waals surface area contributed by atoms with Gasteiger partial charge in [-0.15, -0.1) is 0 Å². The van der Waals surface area contributed by atoms with Crippen molar-refractivity contribution in [2.45, 2.75) is 64.4 Å². The van der Waals surface area contributed by atoms with Crippen LogP contribution < -0.4 is 5.32 Å². The van der Waals surface area contributed by atoms with Crippen LogP contribution in [0.3, 0.4) is 0 Å². The second-order valence-electron chi connectivity index (χ2n) is 8.46. The molecule has 4 nitrogen and oxygen atoms in total. The number of carbonyl (C=O) groups excluding carboxylic acids is 2. The van der Waals surface area contributed by atoms with Crippen molar-refractivity contribution in [3.8, 4) is 0 Å². The van der Waals surface area contributed by atoms with Crippen molar-refractivity contribution in [2.24, 2.45) is 0 Å². The van der Waals surface area contributed by atoms with Crippen molar-refractivity contribution < 1.29 is 9.59 Å². The van der Waals surface area contributed by atoms with Crippen LogP contribution in [0.1, 0.15) is 51.7 Å². The number of nitrogens with zero attached hydrogens (tertiary/aromatic N) is 1. The van der Waals surface area contributed by atoms with Crippen LogP contribution in [0.25, 0.3) is 0 Å². The van der Waals surface area contributed by atoms with Gasteiger partial charge in [0.15, 0.2) is 0 Å². The van der Waals surface area contributed by atoms with E-state index in [1.807, 2.05) is 76.2 Å². The maximum atomic E-state index is 13.2. The lowest BCUT2D eigenvalue weighted by Crippen LogP contribution is -2.53.